The highest BCUT2D eigenvalue weighted by molar-refractivity contribution is 4.97. The zero-order valence-electron chi connectivity index (χ0n) is 8.10. The van der Waals surface area contributed by atoms with Gasteiger partial charge in [0, 0.05) is 25.4 Å². The maximum absolute atomic E-state index is 12.6. The van der Waals surface area contributed by atoms with E-state index in [-0.39, 0.29) is 12.3 Å². The summed E-state index contributed by atoms with van der Waals surface area (Å²) in [5.41, 5.74) is 0. The largest absolute Gasteiger partial charge is 0.303 e. The van der Waals surface area contributed by atoms with Gasteiger partial charge in [0.2, 0.25) is 0 Å². The van der Waals surface area contributed by atoms with Gasteiger partial charge in [-0.2, -0.15) is 0 Å². The van der Waals surface area contributed by atoms with Crippen LogP contribution in [0.5, 0.6) is 0 Å². The molecular formula is C10H17F2N. The summed E-state index contributed by atoms with van der Waals surface area (Å²) >= 11 is 0. The van der Waals surface area contributed by atoms with Crippen molar-refractivity contribution in [2.45, 2.75) is 32.1 Å². The van der Waals surface area contributed by atoms with Crippen LogP contribution in [-0.4, -0.2) is 30.5 Å². The van der Waals surface area contributed by atoms with E-state index in [0.29, 0.717) is 12.5 Å². The van der Waals surface area contributed by atoms with Crippen molar-refractivity contribution >= 4 is 0 Å². The van der Waals surface area contributed by atoms with E-state index in [0.717, 1.165) is 13.1 Å². The van der Waals surface area contributed by atoms with E-state index >= 15 is 0 Å². The maximum atomic E-state index is 12.6. The molecule has 0 aromatic carbocycles. The van der Waals surface area contributed by atoms with E-state index in [2.05, 4.69) is 11.8 Å². The van der Waals surface area contributed by atoms with Crippen molar-refractivity contribution in [3.05, 3.63) is 0 Å². The number of hydrogen-bond donors (Lipinski definition) is 0. The van der Waals surface area contributed by atoms with Crippen LogP contribution in [0.3, 0.4) is 0 Å². The molecule has 0 spiro atoms. The van der Waals surface area contributed by atoms with E-state index in [1.165, 1.54) is 12.8 Å². The predicted molar refractivity (Wildman–Crippen MR) is 47.9 cm³/mol. The fourth-order valence-corrected chi connectivity index (χ4v) is 2.23. The molecular weight excluding hydrogens is 172 g/mol. The Kier molecular flexibility index (Phi) is 2.30. The molecule has 1 nitrogen and oxygen atoms in total. The third-order valence-corrected chi connectivity index (χ3v) is 3.18. The van der Waals surface area contributed by atoms with Gasteiger partial charge in [-0.3, -0.25) is 0 Å². The van der Waals surface area contributed by atoms with Crippen molar-refractivity contribution in [1.82, 2.24) is 4.90 Å². The van der Waals surface area contributed by atoms with Crippen LogP contribution in [0.4, 0.5) is 8.78 Å². The fourth-order valence-electron chi connectivity index (χ4n) is 2.23. The van der Waals surface area contributed by atoms with Crippen LogP contribution in [0.15, 0.2) is 0 Å². The highest BCUT2D eigenvalue weighted by Gasteiger charge is 2.56. The molecule has 13 heavy (non-hydrogen) atoms. The van der Waals surface area contributed by atoms with Gasteiger partial charge in [0.25, 0.3) is 5.92 Å². The Hall–Kier alpha value is -0.180. The number of rotatable bonds is 2. The molecule has 76 valence electrons. The van der Waals surface area contributed by atoms with Crippen LogP contribution >= 0.6 is 0 Å². The third-order valence-electron chi connectivity index (χ3n) is 3.18. The Morgan fingerprint density at radius 2 is 2.15 bits per heavy atom. The van der Waals surface area contributed by atoms with Crippen molar-refractivity contribution in [3.8, 4) is 0 Å². The SMILES string of the molecule is CC1CCCN(CC2CC2(F)F)C1. The Bertz CT molecular complexity index is 193. The van der Waals surface area contributed by atoms with Crippen LogP contribution in [0.25, 0.3) is 0 Å². The minimum atomic E-state index is -2.33. The molecule has 1 saturated carbocycles. The van der Waals surface area contributed by atoms with Gasteiger partial charge in [-0.1, -0.05) is 6.92 Å². The lowest BCUT2D eigenvalue weighted by atomic mass is 10.0. The summed E-state index contributed by atoms with van der Waals surface area (Å²) in [6.45, 7) is 4.87. The van der Waals surface area contributed by atoms with Crippen LogP contribution in [0, 0.1) is 11.8 Å². The lowest BCUT2D eigenvalue weighted by Gasteiger charge is -2.30. The summed E-state index contributed by atoms with van der Waals surface area (Å²) in [5.74, 6) is -1.97. The van der Waals surface area contributed by atoms with Crippen LogP contribution in [0.1, 0.15) is 26.2 Å². The molecule has 2 aliphatic rings. The number of piperidine rings is 1. The first-order chi connectivity index (χ1) is 6.08. The van der Waals surface area contributed by atoms with Crippen LogP contribution < -0.4 is 0 Å². The van der Waals surface area contributed by atoms with Crippen molar-refractivity contribution < 1.29 is 8.78 Å². The van der Waals surface area contributed by atoms with E-state index < -0.39 is 5.92 Å². The van der Waals surface area contributed by atoms with Gasteiger partial charge in [-0.15, -0.1) is 0 Å². The molecule has 0 aromatic heterocycles. The second-order valence-corrected chi connectivity index (χ2v) is 4.67. The zero-order valence-corrected chi connectivity index (χ0v) is 8.10. The topological polar surface area (TPSA) is 3.24 Å². The molecule has 0 aromatic rings. The molecule has 2 fully saturated rings. The van der Waals surface area contributed by atoms with Gasteiger partial charge in [-0.25, -0.2) is 8.78 Å². The first-order valence-electron chi connectivity index (χ1n) is 5.18. The molecule has 0 radical (unpaired) electrons. The number of likely N-dealkylation sites (tertiary alicyclic amines) is 1. The molecule has 2 atom stereocenters. The highest BCUT2D eigenvalue weighted by atomic mass is 19.3. The lowest BCUT2D eigenvalue weighted by Crippen LogP contribution is -2.36. The molecule has 1 aliphatic carbocycles. The lowest BCUT2D eigenvalue weighted by molar-refractivity contribution is 0.0799. The summed E-state index contributed by atoms with van der Waals surface area (Å²) in [5, 5.41) is 0. The van der Waals surface area contributed by atoms with Crippen molar-refractivity contribution in [3.63, 3.8) is 0 Å². The van der Waals surface area contributed by atoms with Crippen LogP contribution in [-0.2, 0) is 0 Å². The molecule has 1 saturated heterocycles. The Labute approximate surface area is 78.1 Å². The summed E-state index contributed by atoms with van der Waals surface area (Å²) in [4.78, 5) is 2.21. The zero-order chi connectivity index (χ0) is 9.47. The van der Waals surface area contributed by atoms with E-state index in [1.54, 1.807) is 0 Å². The summed E-state index contributed by atoms with van der Waals surface area (Å²) in [6, 6.07) is 0. The van der Waals surface area contributed by atoms with E-state index in [9.17, 15) is 8.78 Å². The molecule has 0 bridgehead atoms. The average Bonchev–Trinajstić information content (AvgIpc) is 2.58. The van der Waals surface area contributed by atoms with Crippen molar-refractivity contribution in [2.24, 2.45) is 11.8 Å². The normalized spacial score (nSPS) is 39.0. The quantitative estimate of drug-likeness (QED) is 0.644. The van der Waals surface area contributed by atoms with Crippen molar-refractivity contribution in [1.29, 1.82) is 0 Å². The number of hydrogen-bond acceptors (Lipinski definition) is 1. The molecule has 1 aliphatic heterocycles. The second-order valence-electron chi connectivity index (χ2n) is 4.67. The molecule has 2 unspecified atom stereocenters. The molecule has 2 rings (SSSR count). The minimum Gasteiger partial charge on any atom is -0.303 e. The van der Waals surface area contributed by atoms with Gasteiger partial charge in [0.05, 0.1) is 0 Å². The number of nitrogens with zero attached hydrogens (tertiary/aromatic N) is 1. The fraction of sp³-hybridized carbons (Fsp3) is 1.00. The minimum absolute atomic E-state index is 0.123. The predicted octanol–water partition coefficient (Wildman–Crippen LogP) is 2.37. The Morgan fingerprint density at radius 3 is 2.69 bits per heavy atom. The summed E-state index contributed by atoms with van der Waals surface area (Å²) in [6.07, 6.45) is 2.56. The molecule has 0 N–H and O–H groups in total. The van der Waals surface area contributed by atoms with E-state index in [4.69, 9.17) is 0 Å². The number of halogens is 2. The highest BCUT2D eigenvalue weighted by Crippen LogP contribution is 2.49. The monoisotopic (exact) mass is 189 g/mol. The molecule has 3 heteroatoms. The van der Waals surface area contributed by atoms with Gasteiger partial charge in [-0.05, 0) is 25.3 Å². The smallest absolute Gasteiger partial charge is 0.252 e. The molecule has 0 amide bonds. The van der Waals surface area contributed by atoms with Crippen LogP contribution in [0.2, 0.25) is 0 Å². The van der Waals surface area contributed by atoms with Gasteiger partial charge < -0.3 is 4.90 Å². The number of alkyl halides is 2. The summed E-state index contributed by atoms with van der Waals surface area (Å²) in [7, 11) is 0. The first-order valence-corrected chi connectivity index (χ1v) is 5.18. The third kappa shape index (κ3) is 2.19. The Morgan fingerprint density at radius 1 is 1.46 bits per heavy atom. The Balaban J connectivity index is 1.76. The average molecular weight is 189 g/mol. The van der Waals surface area contributed by atoms with Crippen molar-refractivity contribution in [2.75, 3.05) is 19.6 Å². The standard InChI is InChI=1S/C10H17F2N/c1-8-3-2-4-13(6-8)7-9-5-10(9,11)12/h8-9H,2-7H2,1H3. The molecule has 1 heterocycles. The first kappa shape index (κ1) is 9.38. The summed E-state index contributed by atoms with van der Waals surface area (Å²) < 4.78 is 25.2. The maximum Gasteiger partial charge on any atom is 0.252 e. The van der Waals surface area contributed by atoms with Gasteiger partial charge in [0.15, 0.2) is 0 Å². The second kappa shape index (κ2) is 3.19. The van der Waals surface area contributed by atoms with E-state index in [1.807, 2.05) is 0 Å². The van der Waals surface area contributed by atoms with Gasteiger partial charge >= 0.3 is 0 Å². The van der Waals surface area contributed by atoms with Gasteiger partial charge in [0.1, 0.15) is 0 Å².